The van der Waals surface area contributed by atoms with Crippen molar-refractivity contribution in [3.8, 4) is 6.07 Å². The van der Waals surface area contributed by atoms with Gasteiger partial charge in [-0.15, -0.1) is 11.3 Å². The van der Waals surface area contributed by atoms with E-state index < -0.39 is 8.32 Å². The molecule has 88 valence electrons. The van der Waals surface area contributed by atoms with Crippen LogP contribution in [0.1, 0.15) is 31.2 Å². The topological polar surface area (TPSA) is 33.0 Å². The minimum Gasteiger partial charge on any atom is -0.412 e. The van der Waals surface area contributed by atoms with Crippen LogP contribution in [0.5, 0.6) is 0 Å². The van der Waals surface area contributed by atoms with Gasteiger partial charge >= 0.3 is 0 Å². The Hall–Kier alpha value is -0.633. The lowest BCUT2D eigenvalue weighted by molar-refractivity contribution is 0.279. The number of nitriles is 1. The Morgan fingerprint density at radius 3 is 2.50 bits per heavy atom. The van der Waals surface area contributed by atoms with Crippen LogP contribution in [0.2, 0.25) is 18.1 Å². The lowest BCUT2D eigenvalue weighted by Gasteiger charge is -2.36. The molecule has 0 unspecified atom stereocenters. The molecule has 0 radical (unpaired) electrons. The van der Waals surface area contributed by atoms with Gasteiger partial charge in [0.2, 0.25) is 0 Å². The van der Waals surface area contributed by atoms with Gasteiger partial charge in [-0.25, -0.2) is 0 Å². The van der Waals surface area contributed by atoms with E-state index in [1.807, 2.05) is 11.4 Å². The predicted molar refractivity (Wildman–Crippen MR) is 71.0 cm³/mol. The van der Waals surface area contributed by atoms with Crippen molar-refractivity contribution < 1.29 is 4.43 Å². The van der Waals surface area contributed by atoms with Gasteiger partial charge in [0, 0.05) is 10.3 Å². The van der Waals surface area contributed by atoms with Crippen molar-refractivity contribution in [2.45, 2.75) is 45.5 Å². The van der Waals surface area contributed by atoms with Crippen LogP contribution in [0.4, 0.5) is 0 Å². The van der Waals surface area contributed by atoms with E-state index in [9.17, 15) is 0 Å². The van der Waals surface area contributed by atoms with Crippen LogP contribution in [0.3, 0.4) is 0 Å². The molecule has 1 rings (SSSR count). The van der Waals surface area contributed by atoms with Crippen molar-refractivity contribution >= 4 is 19.7 Å². The third-order valence-corrected chi connectivity index (χ3v) is 8.55. The van der Waals surface area contributed by atoms with Gasteiger partial charge in [-0.3, -0.25) is 0 Å². The van der Waals surface area contributed by atoms with Crippen molar-refractivity contribution in [3.05, 3.63) is 21.9 Å². The largest absolute Gasteiger partial charge is 0.412 e. The molecule has 0 fully saturated rings. The molecule has 2 nitrogen and oxygen atoms in total. The van der Waals surface area contributed by atoms with E-state index in [1.165, 1.54) is 0 Å². The number of thiophene rings is 1. The second kappa shape index (κ2) is 4.70. The van der Waals surface area contributed by atoms with Crippen molar-refractivity contribution in [2.75, 3.05) is 0 Å². The third kappa shape index (κ3) is 3.18. The smallest absolute Gasteiger partial charge is 0.192 e. The van der Waals surface area contributed by atoms with Crippen LogP contribution >= 0.6 is 11.3 Å². The van der Waals surface area contributed by atoms with E-state index >= 15 is 0 Å². The van der Waals surface area contributed by atoms with Crippen molar-refractivity contribution in [1.29, 1.82) is 5.26 Å². The summed E-state index contributed by atoms with van der Waals surface area (Å²) in [5.74, 6) is 0. The van der Waals surface area contributed by atoms with E-state index in [4.69, 9.17) is 9.69 Å². The Balaban J connectivity index is 2.62. The van der Waals surface area contributed by atoms with Crippen LogP contribution in [0.25, 0.3) is 0 Å². The second-order valence-electron chi connectivity index (χ2n) is 5.46. The highest BCUT2D eigenvalue weighted by atomic mass is 32.1. The minimum atomic E-state index is -1.66. The second-order valence-corrected chi connectivity index (χ2v) is 11.3. The van der Waals surface area contributed by atoms with Crippen molar-refractivity contribution in [1.82, 2.24) is 0 Å². The van der Waals surface area contributed by atoms with Crippen LogP contribution in [0.15, 0.2) is 11.4 Å². The number of hydrogen-bond acceptors (Lipinski definition) is 3. The fraction of sp³-hybridized carbons (Fsp3) is 0.583. The summed E-state index contributed by atoms with van der Waals surface area (Å²) in [6, 6.07) is 4.06. The fourth-order valence-electron chi connectivity index (χ4n) is 0.983. The van der Waals surface area contributed by atoms with Crippen LogP contribution in [-0.2, 0) is 11.0 Å². The lowest BCUT2D eigenvalue weighted by atomic mass is 10.2. The zero-order valence-corrected chi connectivity index (χ0v) is 12.4. The summed E-state index contributed by atoms with van der Waals surface area (Å²) in [5, 5.41) is 10.9. The summed E-state index contributed by atoms with van der Waals surface area (Å²) in [6.07, 6.45) is 0. The molecule has 0 bridgehead atoms. The van der Waals surface area contributed by atoms with E-state index in [0.717, 1.165) is 10.4 Å². The number of hydrogen-bond donors (Lipinski definition) is 0. The molecule has 1 aromatic rings. The van der Waals surface area contributed by atoms with Gasteiger partial charge in [-0.2, -0.15) is 5.26 Å². The molecule has 16 heavy (non-hydrogen) atoms. The Kier molecular flexibility index (Phi) is 3.95. The normalized spacial score (nSPS) is 12.5. The van der Waals surface area contributed by atoms with E-state index in [0.29, 0.717) is 6.61 Å². The van der Waals surface area contributed by atoms with Crippen LogP contribution in [-0.4, -0.2) is 8.32 Å². The molecule has 0 spiro atoms. The molecule has 0 aromatic carbocycles. The van der Waals surface area contributed by atoms with Crippen molar-refractivity contribution in [2.24, 2.45) is 0 Å². The molecular weight excluding hydrogens is 234 g/mol. The minimum absolute atomic E-state index is 0.238. The van der Waals surface area contributed by atoms with E-state index in [-0.39, 0.29) is 5.04 Å². The van der Waals surface area contributed by atoms with E-state index in [1.54, 1.807) is 11.3 Å². The standard InChI is InChI=1S/C12H19NOSSi/c1-12(2,3)16(4,5)14-8-11-6-10(7-13)9-15-11/h6,9H,8H2,1-5H3. The first-order valence-electron chi connectivity index (χ1n) is 5.38. The summed E-state index contributed by atoms with van der Waals surface area (Å²) in [5.41, 5.74) is 0.735. The molecule has 1 heterocycles. The van der Waals surface area contributed by atoms with Gasteiger partial charge in [-0.05, 0) is 24.2 Å². The van der Waals surface area contributed by atoms with Gasteiger partial charge in [0.25, 0.3) is 0 Å². The maximum atomic E-state index is 8.73. The molecule has 0 N–H and O–H groups in total. The Morgan fingerprint density at radius 2 is 2.06 bits per heavy atom. The molecule has 0 aliphatic rings. The first-order chi connectivity index (χ1) is 7.26. The highest BCUT2D eigenvalue weighted by Crippen LogP contribution is 2.37. The maximum absolute atomic E-state index is 8.73. The van der Waals surface area contributed by atoms with Crippen molar-refractivity contribution in [3.63, 3.8) is 0 Å². The molecule has 0 aliphatic heterocycles. The fourth-order valence-corrected chi connectivity index (χ4v) is 2.76. The monoisotopic (exact) mass is 253 g/mol. The summed E-state index contributed by atoms with van der Waals surface area (Å²) >= 11 is 1.60. The molecule has 0 aliphatic carbocycles. The zero-order valence-electron chi connectivity index (χ0n) is 10.6. The molecule has 0 saturated heterocycles. The van der Waals surface area contributed by atoms with Gasteiger partial charge in [0.05, 0.1) is 12.2 Å². The lowest BCUT2D eigenvalue weighted by Crippen LogP contribution is -2.40. The summed E-state index contributed by atoms with van der Waals surface area (Å²) in [6.45, 7) is 11.8. The summed E-state index contributed by atoms with van der Waals surface area (Å²) in [7, 11) is -1.66. The van der Waals surface area contributed by atoms with E-state index in [2.05, 4.69) is 39.9 Å². The van der Waals surface area contributed by atoms with Crippen LogP contribution in [0, 0.1) is 11.3 Å². The van der Waals surface area contributed by atoms with Gasteiger partial charge < -0.3 is 4.43 Å². The summed E-state index contributed by atoms with van der Waals surface area (Å²) in [4.78, 5) is 1.14. The number of nitrogens with zero attached hydrogens (tertiary/aromatic N) is 1. The first-order valence-corrected chi connectivity index (χ1v) is 9.16. The highest BCUT2D eigenvalue weighted by Gasteiger charge is 2.37. The maximum Gasteiger partial charge on any atom is 0.192 e. The Morgan fingerprint density at radius 1 is 1.44 bits per heavy atom. The molecule has 0 amide bonds. The Bertz CT molecular complexity index is 398. The predicted octanol–water partition coefficient (Wildman–Crippen LogP) is 4.14. The molecular formula is C12H19NOSSi. The highest BCUT2D eigenvalue weighted by molar-refractivity contribution is 7.10. The molecule has 4 heteroatoms. The van der Waals surface area contributed by atoms with Gasteiger partial charge in [-0.1, -0.05) is 20.8 Å². The quantitative estimate of drug-likeness (QED) is 0.758. The summed E-state index contributed by atoms with van der Waals surface area (Å²) < 4.78 is 6.08. The van der Waals surface area contributed by atoms with Gasteiger partial charge in [0.15, 0.2) is 8.32 Å². The average molecular weight is 253 g/mol. The molecule has 1 aromatic heterocycles. The Labute approximate surface area is 103 Å². The SMILES string of the molecule is CC(C)(C)[Si](C)(C)OCc1cc(C#N)cs1. The third-order valence-electron chi connectivity index (χ3n) is 3.16. The van der Waals surface area contributed by atoms with Gasteiger partial charge in [0.1, 0.15) is 6.07 Å². The average Bonchev–Trinajstić information content (AvgIpc) is 2.60. The molecule has 0 saturated carbocycles. The molecule has 0 atom stereocenters. The van der Waals surface area contributed by atoms with Crippen LogP contribution < -0.4 is 0 Å². The first kappa shape index (κ1) is 13.4. The zero-order chi connectivity index (χ0) is 12.4. The number of rotatable bonds is 3.